The van der Waals surface area contributed by atoms with Crippen molar-refractivity contribution in [1.82, 2.24) is 4.90 Å². The zero-order valence-electron chi connectivity index (χ0n) is 10.6. The van der Waals surface area contributed by atoms with Gasteiger partial charge < -0.3 is 33.5 Å². The van der Waals surface area contributed by atoms with Crippen LogP contribution in [0, 0.1) is 0 Å². The molecule has 0 aliphatic rings. The molecule has 21 heavy (non-hydrogen) atoms. The van der Waals surface area contributed by atoms with Crippen LogP contribution in [0.1, 0.15) is 0 Å². The molecule has 0 fully saturated rings. The second-order valence-corrected chi connectivity index (χ2v) is 4.46. The van der Waals surface area contributed by atoms with Crippen LogP contribution >= 0.6 is 0 Å². The molecule has 0 saturated carbocycles. The molecule has 126 valence electrons. The summed E-state index contributed by atoms with van der Waals surface area (Å²) in [4.78, 5) is 1.79. The topological polar surface area (TPSA) is 224 Å². The number of hydrogen-bond acceptors (Lipinski definition) is 12. The van der Waals surface area contributed by atoms with Crippen LogP contribution in [0.5, 0.6) is 0 Å². The molecule has 0 aromatic heterocycles. The summed E-state index contributed by atoms with van der Waals surface area (Å²) in [5, 5.41) is 25.5. The third kappa shape index (κ3) is 77.9. The fourth-order valence-electron chi connectivity index (χ4n) is 0.760. The van der Waals surface area contributed by atoms with Crippen molar-refractivity contribution in [3.05, 3.63) is 0 Å². The third-order valence-electron chi connectivity index (χ3n) is 1.25. The predicted octanol–water partition coefficient (Wildman–Crippen LogP) is -4.41. The maximum Gasteiger partial charge on any atom is 4.00 e. The Morgan fingerprint density at radius 1 is 0.667 bits per heavy atom. The first-order valence-electron chi connectivity index (χ1n) is 4.73. The van der Waals surface area contributed by atoms with Gasteiger partial charge in [-0.2, -0.15) is 0 Å². The van der Waals surface area contributed by atoms with Crippen molar-refractivity contribution in [1.29, 1.82) is 0 Å². The first-order chi connectivity index (χ1) is 8.85. The summed E-state index contributed by atoms with van der Waals surface area (Å²) in [5.74, 6) is 0. The van der Waals surface area contributed by atoms with Crippen molar-refractivity contribution < 1.29 is 76.6 Å². The van der Waals surface area contributed by atoms with Gasteiger partial charge in [-0.05, 0) is 0 Å². The second-order valence-electron chi connectivity index (χ2n) is 2.83. The van der Waals surface area contributed by atoms with E-state index in [0.29, 0.717) is 19.6 Å². The van der Waals surface area contributed by atoms with Gasteiger partial charge in [0.25, 0.3) is 0 Å². The van der Waals surface area contributed by atoms with Crippen molar-refractivity contribution in [3.8, 4) is 0 Å². The van der Waals surface area contributed by atoms with E-state index in [2.05, 4.69) is 0 Å². The van der Waals surface area contributed by atoms with E-state index in [9.17, 15) is 0 Å². The van der Waals surface area contributed by atoms with E-state index in [0.717, 1.165) is 0 Å². The zero-order valence-corrected chi connectivity index (χ0v) is 14.7. The Morgan fingerprint density at radius 3 is 0.905 bits per heavy atom. The van der Waals surface area contributed by atoms with Crippen LogP contribution in [0.15, 0.2) is 0 Å². The summed E-state index contributed by atoms with van der Waals surface area (Å²) >= 11 is 0. The number of aliphatic hydroxyl groups excluding tert-OH is 3. The molecule has 0 radical (unpaired) electrons. The largest absolute Gasteiger partial charge is 4.00 e. The monoisotopic (exact) mass is 431 g/mol. The molecule has 0 heterocycles. The number of rotatable bonds is 6. The maximum atomic E-state index is 8.52. The molecule has 3 N–H and O–H groups in total. The van der Waals surface area contributed by atoms with E-state index < -0.39 is 20.8 Å². The third-order valence-corrected chi connectivity index (χ3v) is 1.25. The molecular weight excluding hydrogens is 417 g/mol. The van der Waals surface area contributed by atoms with Crippen molar-refractivity contribution in [2.75, 3.05) is 39.5 Å². The molecule has 0 aromatic carbocycles. The smallest absolute Gasteiger partial charge is 0.759 e. The van der Waals surface area contributed by atoms with Gasteiger partial charge in [0.15, 0.2) is 0 Å². The summed E-state index contributed by atoms with van der Waals surface area (Å²) in [7, 11) is -10.3. The first-order valence-corrected chi connectivity index (χ1v) is 7.40. The Bertz CT molecular complexity index is 337. The molecule has 0 amide bonds. The van der Waals surface area contributed by atoms with Crippen LogP contribution in [-0.2, 0) is 47.0 Å². The predicted molar refractivity (Wildman–Crippen MR) is 58.6 cm³/mol. The minimum absolute atomic E-state index is 0. The zero-order chi connectivity index (χ0) is 16.8. The number of nitrogens with zero attached hydrogens (tertiary/aromatic N) is 1. The van der Waals surface area contributed by atoms with Gasteiger partial charge in [0.1, 0.15) is 0 Å². The fourth-order valence-corrected chi connectivity index (χ4v) is 0.760. The quantitative estimate of drug-likeness (QED) is 0.267. The van der Waals surface area contributed by atoms with Gasteiger partial charge in [0.2, 0.25) is 0 Å². The molecule has 0 rings (SSSR count). The molecule has 15 heteroatoms. The van der Waals surface area contributed by atoms with Crippen molar-refractivity contribution in [2.45, 2.75) is 0 Å². The molecule has 0 atom stereocenters. The first kappa shape index (κ1) is 29.5. The molecule has 0 bridgehead atoms. The number of aliphatic hydroxyl groups is 3. The van der Waals surface area contributed by atoms with Crippen molar-refractivity contribution in [3.63, 3.8) is 0 Å². The standard InChI is InChI=1S/C6H15NO3.2H2O4S.Zr/c8-4-1-7(2-5-9)3-6-10;2*1-5(2,3)4;/h8-10H,1-6H2;2*(H2,1,2,3,4);/q;;;+4/p-4. The molecule has 0 aromatic rings. The van der Waals surface area contributed by atoms with Crippen LogP contribution in [0.4, 0.5) is 0 Å². The Labute approximate surface area is 141 Å². The van der Waals surface area contributed by atoms with Crippen LogP contribution in [0.2, 0.25) is 0 Å². The molecule has 0 unspecified atom stereocenters. The maximum absolute atomic E-state index is 8.52. The summed E-state index contributed by atoms with van der Waals surface area (Å²) in [6.07, 6.45) is 0. The molecule has 0 aliphatic carbocycles. The average molecular weight is 433 g/mol. The summed E-state index contributed by atoms with van der Waals surface area (Å²) in [5.41, 5.74) is 0. The van der Waals surface area contributed by atoms with E-state index >= 15 is 0 Å². The SMILES string of the molecule is O=S(=O)([O-])[O-].O=S(=O)([O-])[O-].OCCN(CCO)CCO.[Zr+4]. The Kier molecular flexibility index (Phi) is 23.6. The summed E-state index contributed by atoms with van der Waals surface area (Å²) in [6.45, 7) is 1.75. The molecular formula is C6H15NO11S2Zr. The van der Waals surface area contributed by atoms with E-state index in [1.54, 1.807) is 4.90 Å². The van der Waals surface area contributed by atoms with Crippen LogP contribution in [-0.4, -0.2) is 94.7 Å². The van der Waals surface area contributed by atoms with Crippen molar-refractivity contribution >= 4 is 20.8 Å². The minimum Gasteiger partial charge on any atom is -0.759 e. The molecule has 0 saturated heterocycles. The van der Waals surface area contributed by atoms with Gasteiger partial charge >= 0.3 is 26.2 Å². The normalized spacial score (nSPS) is 10.7. The average Bonchev–Trinajstić information content (AvgIpc) is 2.13. The van der Waals surface area contributed by atoms with Gasteiger partial charge in [-0.25, -0.2) is 0 Å². The fraction of sp³-hybridized carbons (Fsp3) is 1.00. The van der Waals surface area contributed by atoms with E-state index in [4.69, 9.17) is 50.4 Å². The molecule has 0 aliphatic heterocycles. The molecule has 12 nitrogen and oxygen atoms in total. The molecule has 0 spiro atoms. The van der Waals surface area contributed by atoms with E-state index in [-0.39, 0.29) is 46.0 Å². The van der Waals surface area contributed by atoms with Gasteiger partial charge in [-0.15, -0.1) is 0 Å². The minimum atomic E-state index is -5.17. The second kappa shape index (κ2) is 16.8. The Morgan fingerprint density at radius 2 is 0.810 bits per heavy atom. The van der Waals surface area contributed by atoms with Crippen LogP contribution in [0.25, 0.3) is 0 Å². The van der Waals surface area contributed by atoms with Gasteiger partial charge in [-0.3, -0.25) is 21.7 Å². The van der Waals surface area contributed by atoms with E-state index in [1.807, 2.05) is 0 Å². The Hall–Kier alpha value is 0.463. The van der Waals surface area contributed by atoms with Crippen LogP contribution < -0.4 is 0 Å². The van der Waals surface area contributed by atoms with E-state index in [1.165, 1.54) is 0 Å². The van der Waals surface area contributed by atoms with Crippen molar-refractivity contribution in [2.24, 2.45) is 0 Å². The summed E-state index contributed by atoms with van der Waals surface area (Å²) in [6, 6.07) is 0. The Balaban J connectivity index is -0.000000112. The van der Waals surface area contributed by atoms with Gasteiger partial charge in [0.05, 0.1) is 19.8 Å². The summed E-state index contributed by atoms with van der Waals surface area (Å²) < 4.78 is 68.2. The number of hydrogen-bond donors (Lipinski definition) is 3. The van der Waals surface area contributed by atoms with Gasteiger partial charge in [0, 0.05) is 40.4 Å². The van der Waals surface area contributed by atoms with Crippen LogP contribution in [0.3, 0.4) is 0 Å². The van der Waals surface area contributed by atoms with Gasteiger partial charge in [-0.1, -0.05) is 0 Å².